The molecule has 0 heterocycles. The molecule has 1 aromatic carbocycles. The van der Waals surface area contributed by atoms with E-state index in [-0.39, 0.29) is 12.2 Å². The van der Waals surface area contributed by atoms with Crippen LogP contribution < -0.4 is 10.6 Å². The lowest BCUT2D eigenvalue weighted by Gasteiger charge is -2.10. The number of nitrogens with one attached hydrogen (secondary N) is 2. The number of hydrogen-bond donors (Lipinski definition) is 3. The quantitative estimate of drug-likeness (QED) is 0.698. The molecule has 3 N–H and O–H groups in total. The largest absolute Gasteiger partial charge is 0.391 e. The third kappa shape index (κ3) is 5.05. The maximum atomic E-state index is 13.2. The average Bonchev–Trinajstić information content (AvgIpc) is 2.39. The molecule has 0 radical (unpaired) electrons. The molecule has 0 bridgehead atoms. The summed E-state index contributed by atoms with van der Waals surface area (Å²) in [5.41, 5.74) is -0.0586. The van der Waals surface area contributed by atoms with Gasteiger partial charge in [0.05, 0.1) is 11.8 Å². The van der Waals surface area contributed by atoms with E-state index in [1.165, 1.54) is 18.2 Å². The van der Waals surface area contributed by atoms with Gasteiger partial charge >= 0.3 is 11.8 Å². The van der Waals surface area contributed by atoms with Crippen molar-refractivity contribution in [3.8, 4) is 0 Å². The smallest absolute Gasteiger partial charge is 0.313 e. The molecule has 1 rings (SSSR count). The monoisotopic (exact) mass is 268 g/mol. The first-order valence-corrected chi connectivity index (χ1v) is 6.06. The van der Waals surface area contributed by atoms with Crippen molar-refractivity contribution in [2.75, 3.05) is 11.9 Å². The highest BCUT2D eigenvalue weighted by Gasteiger charge is 2.16. The van der Waals surface area contributed by atoms with Gasteiger partial charge in [-0.3, -0.25) is 9.59 Å². The van der Waals surface area contributed by atoms with Gasteiger partial charge in [-0.15, -0.1) is 0 Å². The summed E-state index contributed by atoms with van der Waals surface area (Å²) in [6.45, 7) is 1.90. The molecular formula is C13H17FN2O3. The Morgan fingerprint density at radius 1 is 1.32 bits per heavy atom. The molecule has 0 aliphatic rings. The second-order valence-corrected chi connectivity index (χ2v) is 4.09. The standard InChI is InChI=1S/C13H17FN2O3/c1-2-5-9(17)8-15-12(18)13(19)16-11-7-4-3-6-10(11)14/h3-4,6-7,9,17H,2,5,8H2,1H3,(H,15,18)(H,16,19). The van der Waals surface area contributed by atoms with Gasteiger partial charge in [-0.1, -0.05) is 25.5 Å². The van der Waals surface area contributed by atoms with E-state index in [0.29, 0.717) is 6.42 Å². The van der Waals surface area contributed by atoms with Crippen LogP contribution in [0.4, 0.5) is 10.1 Å². The fraction of sp³-hybridized carbons (Fsp3) is 0.385. The highest BCUT2D eigenvalue weighted by atomic mass is 19.1. The fourth-order valence-corrected chi connectivity index (χ4v) is 1.47. The molecule has 1 unspecified atom stereocenters. The van der Waals surface area contributed by atoms with E-state index < -0.39 is 23.7 Å². The van der Waals surface area contributed by atoms with Gasteiger partial charge in [0, 0.05) is 6.54 Å². The highest BCUT2D eigenvalue weighted by molar-refractivity contribution is 6.39. The number of benzene rings is 1. The van der Waals surface area contributed by atoms with E-state index in [4.69, 9.17) is 0 Å². The predicted molar refractivity (Wildman–Crippen MR) is 69.0 cm³/mol. The Balaban J connectivity index is 2.45. The second-order valence-electron chi connectivity index (χ2n) is 4.09. The summed E-state index contributed by atoms with van der Waals surface area (Å²) in [5.74, 6) is -2.48. The van der Waals surface area contributed by atoms with Crippen LogP contribution in [0.15, 0.2) is 24.3 Å². The topological polar surface area (TPSA) is 78.4 Å². The normalized spacial score (nSPS) is 11.7. The molecule has 5 nitrogen and oxygen atoms in total. The Hall–Kier alpha value is -1.95. The average molecular weight is 268 g/mol. The first kappa shape index (κ1) is 15.1. The van der Waals surface area contributed by atoms with Crippen molar-refractivity contribution in [2.45, 2.75) is 25.9 Å². The minimum absolute atomic E-state index is 0.00261. The third-order valence-electron chi connectivity index (χ3n) is 2.45. The van der Waals surface area contributed by atoms with Gasteiger partial charge in [-0.25, -0.2) is 4.39 Å². The number of aliphatic hydroxyl groups is 1. The molecule has 0 aromatic heterocycles. The summed E-state index contributed by atoms with van der Waals surface area (Å²) >= 11 is 0. The Morgan fingerprint density at radius 3 is 2.63 bits per heavy atom. The van der Waals surface area contributed by atoms with Crippen LogP contribution in [-0.2, 0) is 9.59 Å². The van der Waals surface area contributed by atoms with Crippen molar-refractivity contribution in [1.82, 2.24) is 5.32 Å². The van der Waals surface area contributed by atoms with Crippen molar-refractivity contribution in [1.29, 1.82) is 0 Å². The van der Waals surface area contributed by atoms with Gasteiger partial charge in [-0.05, 0) is 18.6 Å². The van der Waals surface area contributed by atoms with E-state index in [1.54, 1.807) is 6.07 Å². The van der Waals surface area contributed by atoms with Gasteiger partial charge in [0.25, 0.3) is 0 Å². The molecular weight excluding hydrogens is 251 g/mol. The van der Waals surface area contributed by atoms with E-state index in [9.17, 15) is 19.1 Å². The van der Waals surface area contributed by atoms with E-state index in [2.05, 4.69) is 10.6 Å². The van der Waals surface area contributed by atoms with Crippen LogP contribution in [-0.4, -0.2) is 29.6 Å². The molecule has 1 atom stereocenters. The Morgan fingerprint density at radius 2 is 2.00 bits per heavy atom. The zero-order valence-electron chi connectivity index (χ0n) is 10.6. The molecule has 6 heteroatoms. The van der Waals surface area contributed by atoms with Gasteiger partial charge in [0.15, 0.2) is 0 Å². The summed E-state index contributed by atoms with van der Waals surface area (Å²) in [6, 6.07) is 5.55. The maximum absolute atomic E-state index is 13.2. The zero-order valence-corrected chi connectivity index (χ0v) is 10.6. The molecule has 1 aromatic rings. The van der Waals surface area contributed by atoms with Gasteiger partial charge in [0.2, 0.25) is 0 Å². The van der Waals surface area contributed by atoms with Crippen molar-refractivity contribution in [3.63, 3.8) is 0 Å². The highest BCUT2D eigenvalue weighted by Crippen LogP contribution is 2.11. The summed E-state index contributed by atoms with van der Waals surface area (Å²) in [6.07, 6.45) is 0.628. The van der Waals surface area contributed by atoms with Crippen molar-refractivity contribution in [2.24, 2.45) is 0 Å². The van der Waals surface area contributed by atoms with Crippen molar-refractivity contribution < 1.29 is 19.1 Å². The first-order valence-electron chi connectivity index (χ1n) is 6.06. The van der Waals surface area contributed by atoms with Crippen molar-refractivity contribution in [3.05, 3.63) is 30.1 Å². The van der Waals surface area contributed by atoms with Crippen LogP contribution in [0.3, 0.4) is 0 Å². The number of anilines is 1. The summed E-state index contributed by atoms with van der Waals surface area (Å²) in [7, 11) is 0. The predicted octanol–water partition coefficient (Wildman–Crippen LogP) is 1.04. The molecule has 104 valence electrons. The molecule has 0 aliphatic heterocycles. The summed E-state index contributed by atoms with van der Waals surface area (Å²) < 4.78 is 13.2. The Labute approximate surface area is 110 Å². The molecule has 0 spiro atoms. The maximum Gasteiger partial charge on any atom is 0.313 e. The van der Waals surface area contributed by atoms with Gasteiger partial charge in [-0.2, -0.15) is 0 Å². The molecule has 0 fully saturated rings. The fourth-order valence-electron chi connectivity index (χ4n) is 1.47. The number of halogens is 1. The number of para-hydroxylation sites is 1. The molecule has 2 amide bonds. The summed E-state index contributed by atoms with van der Waals surface area (Å²) in [4.78, 5) is 22.9. The first-order chi connectivity index (χ1) is 9.04. The van der Waals surface area contributed by atoms with Crippen LogP contribution in [0, 0.1) is 5.82 Å². The number of aliphatic hydroxyl groups excluding tert-OH is 1. The van der Waals surface area contributed by atoms with E-state index in [1.807, 2.05) is 6.92 Å². The Kier molecular flexibility index (Phi) is 5.95. The summed E-state index contributed by atoms with van der Waals surface area (Å²) in [5, 5.41) is 13.8. The van der Waals surface area contributed by atoms with Crippen LogP contribution in [0.2, 0.25) is 0 Å². The SMILES string of the molecule is CCCC(O)CNC(=O)C(=O)Nc1ccccc1F. The lowest BCUT2D eigenvalue weighted by Crippen LogP contribution is -2.39. The minimum atomic E-state index is -0.964. The van der Waals surface area contributed by atoms with E-state index in [0.717, 1.165) is 6.42 Å². The zero-order chi connectivity index (χ0) is 14.3. The molecule has 19 heavy (non-hydrogen) atoms. The van der Waals surface area contributed by atoms with Gasteiger partial charge in [0.1, 0.15) is 5.82 Å². The van der Waals surface area contributed by atoms with Crippen LogP contribution in [0.1, 0.15) is 19.8 Å². The third-order valence-corrected chi connectivity index (χ3v) is 2.45. The number of hydrogen-bond acceptors (Lipinski definition) is 3. The number of amides is 2. The van der Waals surface area contributed by atoms with Crippen LogP contribution in [0.5, 0.6) is 0 Å². The molecule has 0 aliphatic carbocycles. The van der Waals surface area contributed by atoms with E-state index >= 15 is 0 Å². The number of carbonyl (C=O) groups excluding carboxylic acids is 2. The Bertz CT molecular complexity index is 451. The van der Waals surface area contributed by atoms with Gasteiger partial charge < -0.3 is 15.7 Å². The lowest BCUT2D eigenvalue weighted by atomic mass is 10.2. The van der Waals surface area contributed by atoms with Crippen LogP contribution >= 0.6 is 0 Å². The number of carbonyl (C=O) groups is 2. The molecule has 0 saturated carbocycles. The van der Waals surface area contributed by atoms with Crippen LogP contribution in [0.25, 0.3) is 0 Å². The minimum Gasteiger partial charge on any atom is -0.391 e. The molecule has 0 saturated heterocycles. The van der Waals surface area contributed by atoms with Crippen molar-refractivity contribution >= 4 is 17.5 Å². The lowest BCUT2D eigenvalue weighted by molar-refractivity contribution is -0.136. The second kappa shape index (κ2) is 7.48. The number of rotatable bonds is 5.